The topological polar surface area (TPSA) is 115 Å². The van der Waals surface area contributed by atoms with Gasteiger partial charge in [-0.1, -0.05) is 0 Å². The second-order valence-electron chi connectivity index (χ2n) is 4.19. The van der Waals surface area contributed by atoms with Crippen molar-refractivity contribution in [2.45, 2.75) is 0 Å². The van der Waals surface area contributed by atoms with Crippen LogP contribution >= 0.6 is 0 Å². The quantitative estimate of drug-likeness (QED) is 0.724. The first kappa shape index (κ1) is 12.7. The van der Waals surface area contributed by atoms with Crippen LogP contribution in [0.5, 0.6) is 0 Å². The van der Waals surface area contributed by atoms with Crippen LogP contribution in [-0.4, -0.2) is 31.4 Å². The van der Waals surface area contributed by atoms with Crippen LogP contribution in [0.25, 0.3) is 5.65 Å². The average molecular weight is 282 g/mol. The van der Waals surface area contributed by atoms with Crippen molar-refractivity contribution in [3.05, 3.63) is 54.2 Å². The van der Waals surface area contributed by atoms with Crippen molar-refractivity contribution in [2.24, 2.45) is 5.73 Å². The van der Waals surface area contributed by atoms with Gasteiger partial charge in [-0.15, -0.1) is 0 Å². The Bertz CT molecular complexity index is 841. The summed E-state index contributed by atoms with van der Waals surface area (Å²) < 4.78 is 1.48. The molecule has 3 heterocycles. The highest BCUT2D eigenvalue weighted by Crippen LogP contribution is 2.15. The molecule has 0 saturated heterocycles. The van der Waals surface area contributed by atoms with Gasteiger partial charge in [0.05, 0.1) is 17.4 Å². The smallest absolute Gasteiger partial charge is 0.261 e. The summed E-state index contributed by atoms with van der Waals surface area (Å²) in [5, 5.41) is 6.64. The third-order valence-electron chi connectivity index (χ3n) is 2.86. The van der Waals surface area contributed by atoms with Crippen LogP contribution in [-0.2, 0) is 0 Å². The first-order valence-corrected chi connectivity index (χ1v) is 6.00. The van der Waals surface area contributed by atoms with Gasteiger partial charge >= 0.3 is 0 Å². The van der Waals surface area contributed by atoms with Crippen LogP contribution < -0.4 is 11.1 Å². The molecule has 0 bridgehead atoms. The Morgan fingerprint density at radius 3 is 2.86 bits per heavy atom. The zero-order chi connectivity index (χ0) is 14.8. The van der Waals surface area contributed by atoms with E-state index in [1.54, 1.807) is 18.5 Å². The highest BCUT2D eigenvalue weighted by Gasteiger charge is 2.16. The molecule has 3 rings (SSSR count). The highest BCUT2D eigenvalue weighted by molar-refractivity contribution is 6.11. The fourth-order valence-electron chi connectivity index (χ4n) is 1.88. The third-order valence-corrected chi connectivity index (χ3v) is 2.86. The zero-order valence-electron chi connectivity index (χ0n) is 10.7. The van der Waals surface area contributed by atoms with Gasteiger partial charge in [-0.3, -0.25) is 14.6 Å². The summed E-state index contributed by atoms with van der Waals surface area (Å²) in [6, 6.07) is 3.20. The van der Waals surface area contributed by atoms with E-state index in [4.69, 9.17) is 5.73 Å². The number of anilines is 1. The second-order valence-corrected chi connectivity index (χ2v) is 4.19. The standard InChI is InChI=1S/C13H10N6O2/c14-11(20)8-6-15-4-2-10(8)18-13(21)9-7-17-19-5-1-3-16-12(9)19/h1-7H,(H2,14,20)(H,15,18,21). The predicted octanol–water partition coefficient (Wildman–Crippen LogP) is 0.475. The molecule has 0 saturated carbocycles. The van der Waals surface area contributed by atoms with E-state index in [9.17, 15) is 9.59 Å². The molecule has 0 radical (unpaired) electrons. The number of hydrogen-bond donors (Lipinski definition) is 2. The Labute approximate surface area is 118 Å². The number of amides is 2. The number of nitrogens with one attached hydrogen (secondary N) is 1. The van der Waals surface area contributed by atoms with Crippen molar-refractivity contribution in [1.29, 1.82) is 0 Å². The molecule has 3 aromatic rings. The van der Waals surface area contributed by atoms with Gasteiger partial charge in [0.1, 0.15) is 5.56 Å². The van der Waals surface area contributed by atoms with Gasteiger partial charge in [-0.25, -0.2) is 9.50 Å². The van der Waals surface area contributed by atoms with Crippen LogP contribution in [0.1, 0.15) is 20.7 Å². The molecule has 21 heavy (non-hydrogen) atoms. The molecular weight excluding hydrogens is 272 g/mol. The fraction of sp³-hybridized carbons (Fsp3) is 0. The molecule has 0 spiro atoms. The Morgan fingerprint density at radius 1 is 1.19 bits per heavy atom. The van der Waals surface area contributed by atoms with Gasteiger partial charge in [0, 0.05) is 24.8 Å². The molecule has 0 aliphatic rings. The van der Waals surface area contributed by atoms with E-state index in [0.717, 1.165) is 0 Å². The van der Waals surface area contributed by atoms with Crippen molar-refractivity contribution in [1.82, 2.24) is 19.6 Å². The molecule has 0 aliphatic carbocycles. The summed E-state index contributed by atoms with van der Waals surface area (Å²) in [6.07, 6.45) is 7.40. The van der Waals surface area contributed by atoms with E-state index in [2.05, 4.69) is 20.4 Å². The molecule has 0 atom stereocenters. The van der Waals surface area contributed by atoms with Crippen molar-refractivity contribution >= 4 is 23.1 Å². The number of aromatic nitrogens is 4. The number of carbonyl (C=O) groups excluding carboxylic acids is 2. The highest BCUT2D eigenvalue weighted by atomic mass is 16.2. The molecule has 2 amide bonds. The lowest BCUT2D eigenvalue weighted by molar-refractivity contribution is 0.100. The molecule has 3 N–H and O–H groups in total. The molecule has 0 unspecified atom stereocenters. The second kappa shape index (κ2) is 5.00. The summed E-state index contributed by atoms with van der Waals surface area (Å²) in [5.74, 6) is -1.10. The van der Waals surface area contributed by atoms with Crippen molar-refractivity contribution in [3.8, 4) is 0 Å². The molecule has 0 aliphatic heterocycles. The largest absolute Gasteiger partial charge is 0.365 e. The molecular formula is C13H10N6O2. The van der Waals surface area contributed by atoms with Gasteiger partial charge < -0.3 is 11.1 Å². The number of rotatable bonds is 3. The predicted molar refractivity (Wildman–Crippen MR) is 73.7 cm³/mol. The molecule has 3 aromatic heterocycles. The summed E-state index contributed by atoms with van der Waals surface area (Å²) in [4.78, 5) is 31.5. The van der Waals surface area contributed by atoms with Gasteiger partial charge in [0.2, 0.25) is 0 Å². The number of fused-ring (bicyclic) bond motifs is 1. The van der Waals surface area contributed by atoms with Crippen molar-refractivity contribution in [3.63, 3.8) is 0 Å². The van der Waals surface area contributed by atoms with Gasteiger partial charge in [0.25, 0.3) is 11.8 Å². The number of pyridine rings is 1. The number of hydrogen-bond acceptors (Lipinski definition) is 5. The molecule has 0 fully saturated rings. The number of primary amides is 1. The van der Waals surface area contributed by atoms with Gasteiger partial charge in [0.15, 0.2) is 5.65 Å². The molecule has 0 aromatic carbocycles. The van der Waals surface area contributed by atoms with E-state index >= 15 is 0 Å². The number of carbonyl (C=O) groups is 2. The summed E-state index contributed by atoms with van der Waals surface area (Å²) in [7, 11) is 0. The molecule has 8 nitrogen and oxygen atoms in total. The summed E-state index contributed by atoms with van der Waals surface area (Å²) in [6.45, 7) is 0. The van der Waals surface area contributed by atoms with Crippen molar-refractivity contribution in [2.75, 3.05) is 5.32 Å². The van der Waals surface area contributed by atoms with Crippen LogP contribution in [0, 0.1) is 0 Å². The minimum absolute atomic E-state index is 0.135. The maximum absolute atomic E-state index is 12.3. The number of nitrogens with two attached hydrogens (primary N) is 1. The van der Waals surface area contributed by atoms with E-state index in [1.807, 2.05) is 0 Å². The average Bonchev–Trinajstić information content (AvgIpc) is 2.91. The first-order valence-electron chi connectivity index (χ1n) is 6.00. The minimum atomic E-state index is -0.670. The van der Waals surface area contributed by atoms with E-state index in [1.165, 1.54) is 29.2 Å². The SMILES string of the molecule is NC(=O)c1cnccc1NC(=O)c1cnn2cccnc12. The van der Waals surface area contributed by atoms with E-state index < -0.39 is 11.8 Å². The minimum Gasteiger partial charge on any atom is -0.365 e. The monoisotopic (exact) mass is 282 g/mol. The third kappa shape index (κ3) is 2.29. The lowest BCUT2D eigenvalue weighted by Gasteiger charge is -2.07. The van der Waals surface area contributed by atoms with Crippen LogP contribution in [0.15, 0.2) is 43.1 Å². The van der Waals surface area contributed by atoms with Crippen LogP contribution in [0.4, 0.5) is 5.69 Å². The maximum atomic E-state index is 12.3. The lowest BCUT2D eigenvalue weighted by Crippen LogP contribution is -2.18. The van der Waals surface area contributed by atoms with Crippen LogP contribution in [0.2, 0.25) is 0 Å². The maximum Gasteiger partial charge on any atom is 0.261 e. The Kier molecular flexibility index (Phi) is 3.03. The Hall–Kier alpha value is -3.29. The normalized spacial score (nSPS) is 10.5. The van der Waals surface area contributed by atoms with E-state index in [0.29, 0.717) is 11.2 Å². The number of nitrogens with zero attached hydrogens (tertiary/aromatic N) is 4. The summed E-state index contributed by atoms with van der Waals surface area (Å²) >= 11 is 0. The lowest BCUT2D eigenvalue weighted by atomic mass is 10.2. The Morgan fingerprint density at radius 2 is 2.05 bits per heavy atom. The first-order chi connectivity index (χ1) is 10.2. The molecule has 8 heteroatoms. The van der Waals surface area contributed by atoms with Crippen molar-refractivity contribution < 1.29 is 9.59 Å². The van der Waals surface area contributed by atoms with E-state index in [-0.39, 0.29) is 11.3 Å². The Balaban J connectivity index is 1.96. The van der Waals surface area contributed by atoms with Gasteiger partial charge in [-0.05, 0) is 12.1 Å². The molecule has 104 valence electrons. The zero-order valence-corrected chi connectivity index (χ0v) is 10.7. The van der Waals surface area contributed by atoms with Gasteiger partial charge in [-0.2, -0.15) is 5.10 Å². The van der Waals surface area contributed by atoms with Crippen LogP contribution in [0.3, 0.4) is 0 Å². The summed E-state index contributed by atoms with van der Waals surface area (Å²) in [5.41, 5.74) is 6.38. The fourth-order valence-corrected chi connectivity index (χ4v) is 1.88.